The van der Waals surface area contributed by atoms with Gasteiger partial charge in [-0.1, -0.05) is 6.92 Å². The van der Waals surface area contributed by atoms with Gasteiger partial charge in [0.2, 0.25) is 5.91 Å². The molecule has 2 aliphatic heterocycles. The summed E-state index contributed by atoms with van der Waals surface area (Å²) in [6.45, 7) is 4.45. The smallest absolute Gasteiger partial charge is 0.411 e. The number of benzene rings is 1. The number of hydrogen-bond donors (Lipinski definition) is 2. The van der Waals surface area contributed by atoms with E-state index in [0.29, 0.717) is 24.4 Å². The third-order valence-electron chi connectivity index (χ3n) is 7.37. The zero-order valence-corrected chi connectivity index (χ0v) is 19.4. The Hall–Kier alpha value is -2.79. The van der Waals surface area contributed by atoms with Gasteiger partial charge in [-0.15, -0.1) is 0 Å². The molecule has 1 atom stereocenters. The first-order valence-electron chi connectivity index (χ1n) is 12.2. The molecule has 0 radical (unpaired) electrons. The molecule has 2 saturated heterocycles. The number of nitriles is 1. The van der Waals surface area contributed by atoms with Crippen LogP contribution in [0.3, 0.4) is 0 Å². The molecule has 2 heterocycles. The highest BCUT2D eigenvalue weighted by molar-refractivity contribution is 5.87. The number of anilines is 2. The molecule has 1 aromatic rings. The first-order valence-corrected chi connectivity index (χ1v) is 12.2. The van der Waals surface area contributed by atoms with Gasteiger partial charge in [-0.3, -0.25) is 10.1 Å². The number of carbonyl (C=O) groups excluding carboxylic acids is 2. The van der Waals surface area contributed by atoms with Crippen LogP contribution in [0.5, 0.6) is 0 Å². The van der Waals surface area contributed by atoms with E-state index in [1.165, 1.54) is 0 Å². The van der Waals surface area contributed by atoms with Gasteiger partial charge in [0.05, 0.1) is 29.4 Å². The van der Waals surface area contributed by atoms with E-state index in [4.69, 9.17) is 4.74 Å². The maximum absolute atomic E-state index is 13.6. The quantitative estimate of drug-likeness (QED) is 0.704. The largest absolute Gasteiger partial charge is 0.449 e. The summed E-state index contributed by atoms with van der Waals surface area (Å²) < 4.78 is 5.06. The molecule has 2 N–H and O–H groups in total. The topological polar surface area (TPSA) is 106 Å². The molecule has 1 saturated carbocycles. The van der Waals surface area contributed by atoms with Crippen molar-refractivity contribution in [1.82, 2.24) is 4.90 Å². The van der Waals surface area contributed by atoms with Crippen molar-refractivity contribution in [3.8, 4) is 6.07 Å². The summed E-state index contributed by atoms with van der Waals surface area (Å²) in [5.41, 5.74) is 1.40. The maximum Gasteiger partial charge on any atom is 0.411 e. The van der Waals surface area contributed by atoms with E-state index in [-0.39, 0.29) is 18.1 Å². The van der Waals surface area contributed by atoms with Crippen molar-refractivity contribution in [2.45, 2.75) is 70.4 Å². The van der Waals surface area contributed by atoms with Crippen molar-refractivity contribution in [2.24, 2.45) is 5.41 Å². The Morgan fingerprint density at radius 3 is 2.79 bits per heavy atom. The van der Waals surface area contributed by atoms with Gasteiger partial charge >= 0.3 is 6.09 Å². The molecule has 8 nitrogen and oxygen atoms in total. The van der Waals surface area contributed by atoms with Crippen LogP contribution in [0.15, 0.2) is 18.2 Å². The third-order valence-corrected chi connectivity index (χ3v) is 7.37. The molecule has 33 heavy (non-hydrogen) atoms. The van der Waals surface area contributed by atoms with E-state index in [2.05, 4.69) is 21.2 Å². The minimum Gasteiger partial charge on any atom is -0.449 e. The molecule has 178 valence electrons. The van der Waals surface area contributed by atoms with E-state index in [1.807, 2.05) is 13.0 Å². The van der Waals surface area contributed by atoms with E-state index < -0.39 is 11.5 Å². The zero-order valence-electron chi connectivity index (χ0n) is 19.4. The molecule has 8 heteroatoms. The third kappa shape index (κ3) is 4.93. The van der Waals surface area contributed by atoms with Crippen molar-refractivity contribution in [3.05, 3.63) is 23.8 Å². The minimum absolute atomic E-state index is 0.228. The fourth-order valence-corrected chi connectivity index (χ4v) is 5.61. The Bertz CT molecular complexity index is 921. The number of carbonyl (C=O) groups is 2. The lowest BCUT2D eigenvalue weighted by Gasteiger charge is -2.41. The summed E-state index contributed by atoms with van der Waals surface area (Å²) in [5, 5.41) is 22.3. The summed E-state index contributed by atoms with van der Waals surface area (Å²) >= 11 is 0. The first kappa shape index (κ1) is 23.4. The molecule has 4 rings (SSSR count). The summed E-state index contributed by atoms with van der Waals surface area (Å²) in [5.74, 6) is 0.240. The van der Waals surface area contributed by atoms with Gasteiger partial charge in [-0.2, -0.15) is 5.26 Å². The zero-order chi connectivity index (χ0) is 23.4. The van der Waals surface area contributed by atoms with Crippen LogP contribution < -0.4 is 10.2 Å². The molecule has 1 spiro atoms. The molecule has 1 unspecified atom stereocenters. The van der Waals surface area contributed by atoms with Crippen molar-refractivity contribution in [2.75, 3.05) is 36.5 Å². The van der Waals surface area contributed by atoms with Crippen LogP contribution in [0, 0.1) is 16.7 Å². The monoisotopic (exact) mass is 454 g/mol. The Balaban J connectivity index is 1.46. The number of hydrogen-bond acceptors (Lipinski definition) is 6. The standard InChI is InChI=1S/C25H34N4O4/c1-2-14-33-24(32)27-19-4-9-22(18(15-19)16-26)28-12-3-10-25(17-28)11-13-29(23(25)31)20-5-7-21(30)8-6-20/h4,9,15,20-21,30H,2-3,5-8,10-14,17H2,1H3,(H,27,32). The molecular weight excluding hydrogens is 420 g/mol. The lowest BCUT2D eigenvalue weighted by atomic mass is 9.78. The Labute approximate surface area is 195 Å². The second-order valence-electron chi connectivity index (χ2n) is 9.62. The lowest BCUT2D eigenvalue weighted by Crippen LogP contribution is -2.50. The first-order chi connectivity index (χ1) is 16.0. The van der Waals surface area contributed by atoms with Crippen LogP contribution in [0.4, 0.5) is 16.2 Å². The number of nitrogens with zero attached hydrogens (tertiary/aromatic N) is 3. The molecule has 1 aromatic carbocycles. The van der Waals surface area contributed by atoms with Crippen LogP contribution in [-0.2, 0) is 9.53 Å². The Morgan fingerprint density at radius 2 is 2.06 bits per heavy atom. The number of aliphatic hydroxyl groups is 1. The molecule has 3 aliphatic rings. The molecule has 0 bridgehead atoms. The summed E-state index contributed by atoms with van der Waals surface area (Å²) in [6.07, 6.45) is 5.89. The molecule has 0 aromatic heterocycles. The fourth-order valence-electron chi connectivity index (χ4n) is 5.61. The Kier molecular flexibility index (Phi) is 7.08. The van der Waals surface area contributed by atoms with Crippen molar-refractivity contribution in [3.63, 3.8) is 0 Å². The second-order valence-corrected chi connectivity index (χ2v) is 9.62. The van der Waals surface area contributed by atoms with Crippen molar-refractivity contribution in [1.29, 1.82) is 5.26 Å². The van der Waals surface area contributed by atoms with Crippen molar-refractivity contribution >= 4 is 23.4 Å². The Morgan fingerprint density at radius 1 is 1.27 bits per heavy atom. The molecule has 2 amide bonds. The number of amides is 2. The van der Waals surface area contributed by atoms with E-state index in [0.717, 1.165) is 70.1 Å². The van der Waals surface area contributed by atoms with Crippen LogP contribution >= 0.6 is 0 Å². The van der Waals surface area contributed by atoms with Gasteiger partial charge in [0.1, 0.15) is 6.07 Å². The molecule has 1 aliphatic carbocycles. The highest BCUT2D eigenvalue weighted by Crippen LogP contribution is 2.44. The molecular formula is C25H34N4O4. The summed E-state index contributed by atoms with van der Waals surface area (Å²) in [6, 6.07) is 7.79. The van der Waals surface area contributed by atoms with E-state index in [1.54, 1.807) is 12.1 Å². The van der Waals surface area contributed by atoms with E-state index >= 15 is 0 Å². The second kappa shape index (κ2) is 10.0. The summed E-state index contributed by atoms with van der Waals surface area (Å²) in [4.78, 5) is 29.7. The highest BCUT2D eigenvalue weighted by Gasteiger charge is 2.50. The highest BCUT2D eigenvalue weighted by atomic mass is 16.5. The molecule has 3 fully saturated rings. The number of ether oxygens (including phenoxy) is 1. The average Bonchev–Trinajstić information content (AvgIpc) is 3.13. The average molecular weight is 455 g/mol. The van der Waals surface area contributed by atoms with Crippen molar-refractivity contribution < 1.29 is 19.4 Å². The van der Waals surface area contributed by atoms with Crippen LogP contribution in [0.1, 0.15) is 63.9 Å². The summed E-state index contributed by atoms with van der Waals surface area (Å²) in [7, 11) is 0. The van der Waals surface area contributed by atoms with Gasteiger partial charge in [0.15, 0.2) is 0 Å². The van der Waals surface area contributed by atoms with Gasteiger partial charge in [-0.05, 0) is 69.6 Å². The van der Waals surface area contributed by atoms with Gasteiger partial charge in [-0.25, -0.2) is 4.79 Å². The van der Waals surface area contributed by atoms with E-state index in [9.17, 15) is 20.0 Å². The maximum atomic E-state index is 13.6. The SMILES string of the molecule is CCCOC(=O)Nc1ccc(N2CCCC3(CCN(C4CCC(O)CC4)C3=O)C2)c(C#N)c1. The normalized spacial score (nSPS) is 27.5. The predicted octanol–water partition coefficient (Wildman–Crippen LogP) is 3.64. The predicted molar refractivity (Wildman–Crippen MR) is 125 cm³/mol. The number of rotatable bonds is 5. The lowest BCUT2D eigenvalue weighted by molar-refractivity contribution is -0.139. The number of nitrogens with one attached hydrogen (secondary N) is 1. The number of aliphatic hydroxyl groups excluding tert-OH is 1. The van der Waals surface area contributed by atoms with Gasteiger partial charge in [0.25, 0.3) is 0 Å². The van der Waals surface area contributed by atoms with Crippen LogP contribution in [0.2, 0.25) is 0 Å². The van der Waals surface area contributed by atoms with Crippen LogP contribution in [0.25, 0.3) is 0 Å². The minimum atomic E-state index is -0.530. The number of piperidine rings is 1. The number of likely N-dealkylation sites (tertiary alicyclic amines) is 1. The fraction of sp³-hybridized carbons (Fsp3) is 0.640. The van der Waals surface area contributed by atoms with Crippen LogP contribution in [-0.4, -0.2) is 60.4 Å². The van der Waals surface area contributed by atoms with Gasteiger partial charge in [0, 0.05) is 31.4 Å². The van der Waals surface area contributed by atoms with Gasteiger partial charge < -0.3 is 19.6 Å².